The van der Waals surface area contributed by atoms with E-state index in [1.807, 2.05) is 31.2 Å². The molecule has 0 bridgehead atoms. The van der Waals surface area contributed by atoms with Gasteiger partial charge >= 0.3 is 0 Å². The van der Waals surface area contributed by atoms with E-state index in [1.165, 1.54) is 0 Å². The van der Waals surface area contributed by atoms with E-state index in [-0.39, 0.29) is 6.42 Å². The molecule has 2 rings (SSSR count). The van der Waals surface area contributed by atoms with Gasteiger partial charge in [0.25, 0.3) is 0 Å². The van der Waals surface area contributed by atoms with Crippen LogP contribution in [0.15, 0.2) is 22.7 Å². The van der Waals surface area contributed by atoms with Gasteiger partial charge in [-0.25, -0.2) is 0 Å². The van der Waals surface area contributed by atoms with Crippen molar-refractivity contribution in [2.45, 2.75) is 13.3 Å². The van der Waals surface area contributed by atoms with E-state index in [9.17, 15) is 0 Å². The minimum atomic E-state index is 0.127. The zero-order chi connectivity index (χ0) is 12.3. The van der Waals surface area contributed by atoms with Crippen molar-refractivity contribution >= 4 is 0 Å². The summed E-state index contributed by atoms with van der Waals surface area (Å²) in [5, 5.41) is 12.3. The molecule has 1 aromatic heterocycles. The molecule has 1 aromatic carbocycles. The first-order valence-corrected chi connectivity index (χ1v) is 5.09. The van der Waals surface area contributed by atoms with E-state index in [0.29, 0.717) is 11.7 Å². The number of ether oxygens (including phenoxy) is 1. The Labute approximate surface area is 98.6 Å². The van der Waals surface area contributed by atoms with Crippen molar-refractivity contribution < 1.29 is 9.26 Å². The number of nitriles is 1. The molecule has 5 nitrogen and oxygen atoms in total. The third kappa shape index (κ3) is 2.26. The van der Waals surface area contributed by atoms with Crippen LogP contribution in [0.25, 0.3) is 11.4 Å². The summed E-state index contributed by atoms with van der Waals surface area (Å²) in [6.07, 6.45) is 0.127. The van der Waals surface area contributed by atoms with Crippen molar-refractivity contribution in [2.75, 3.05) is 7.11 Å². The normalized spacial score (nSPS) is 9.94. The number of rotatable bonds is 3. The molecule has 2 aromatic rings. The number of methoxy groups -OCH3 is 1. The fraction of sp³-hybridized carbons (Fsp3) is 0.250. The van der Waals surface area contributed by atoms with Gasteiger partial charge in [0.15, 0.2) is 0 Å². The second-order valence-corrected chi connectivity index (χ2v) is 3.53. The predicted octanol–water partition coefficient (Wildman–Crippen LogP) is 2.12. The highest BCUT2D eigenvalue weighted by Gasteiger charge is 2.09. The van der Waals surface area contributed by atoms with Gasteiger partial charge < -0.3 is 9.26 Å². The molecule has 1 heterocycles. The highest BCUT2D eigenvalue weighted by atomic mass is 16.5. The van der Waals surface area contributed by atoms with E-state index in [0.717, 1.165) is 16.9 Å². The molecule has 0 radical (unpaired) electrons. The van der Waals surface area contributed by atoms with E-state index in [1.54, 1.807) is 7.11 Å². The molecular weight excluding hydrogens is 218 g/mol. The lowest BCUT2D eigenvalue weighted by Gasteiger charge is -2.04. The summed E-state index contributed by atoms with van der Waals surface area (Å²) in [5.74, 6) is 1.63. The van der Waals surface area contributed by atoms with Crippen LogP contribution in [0.1, 0.15) is 11.5 Å². The van der Waals surface area contributed by atoms with E-state index in [2.05, 4.69) is 10.1 Å². The number of hydrogen-bond donors (Lipinski definition) is 0. The minimum absolute atomic E-state index is 0.127. The van der Waals surface area contributed by atoms with Crippen molar-refractivity contribution in [2.24, 2.45) is 0 Å². The second kappa shape index (κ2) is 4.66. The Hall–Kier alpha value is -2.35. The average molecular weight is 229 g/mol. The van der Waals surface area contributed by atoms with Crippen molar-refractivity contribution in [1.82, 2.24) is 10.1 Å². The van der Waals surface area contributed by atoms with Gasteiger partial charge in [0.05, 0.1) is 13.2 Å². The monoisotopic (exact) mass is 229 g/mol. The van der Waals surface area contributed by atoms with Gasteiger partial charge in [-0.1, -0.05) is 5.16 Å². The summed E-state index contributed by atoms with van der Waals surface area (Å²) >= 11 is 0. The maximum atomic E-state index is 8.52. The van der Waals surface area contributed by atoms with E-state index in [4.69, 9.17) is 14.5 Å². The Morgan fingerprint density at radius 1 is 1.47 bits per heavy atom. The summed E-state index contributed by atoms with van der Waals surface area (Å²) in [7, 11) is 1.63. The van der Waals surface area contributed by atoms with Gasteiger partial charge in [0.1, 0.15) is 12.2 Å². The topological polar surface area (TPSA) is 71.9 Å². The molecule has 0 unspecified atom stereocenters. The predicted molar refractivity (Wildman–Crippen MR) is 60.3 cm³/mol. The van der Waals surface area contributed by atoms with Crippen LogP contribution in [0.2, 0.25) is 0 Å². The Bertz CT molecular complexity index is 569. The third-order valence-corrected chi connectivity index (χ3v) is 2.35. The Morgan fingerprint density at radius 3 is 2.94 bits per heavy atom. The number of hydrogen-bond acceptors (Lipinski definition) is 5. The standard InChI is InChI=1S/C12H11N3O2/c1-8-7-9(3-4-10(8)16-2)12-14-11(5-6-13)17-15-12/h3-4,7H,5H2,1-2H3. The van der Waals surface area contributed by atoms with Crippen molar-refractivity contribution in [3.05, 3.63) is 29.7 Å². The Balaban J connectivity index is 2.33. The van der Waals surface area contributed by atoms with Gasteiger partial charge in [-0.3, -0.25) is 0 Å². The molecule has 0 aliphatic carbocycles. The maximum absolute atomic E-state index is 8.52. The number of aryl methyl sites for hydroxylation is 1. The van der Waals surface area contributed by atoms with Crippen LogP contribution in [0.3, 0.4) is 0 Å². The summed E-state index contributed by atoms with van der Waals surface area (Å²) in [5.41, 5.74) is 1.84. The summed E-state index contributed by atoms with van der Waals surface area (Å²) in [6, 6.07) is 7.58. The number of nitrogens with zero attached hydrogens (tertiary/aromatic N) is 3. The fourth-order valence-electron chi connectivity index (χ4n) is 1.53. The highest BCUT2D eigenvalue weighted by Crippen LogP contribution is 2.24. The molecule has 0 saturated carbocycles. The van der Waals surface area contributed by atoms with Gasteiger partial charge in [-0.15, -0.1) is 0 Å². The van der Waals surface area contributed by atoms with E-state index < -0.39 is 0 Å². The van der Waals surface area contributed by atoms with Gasteiger partial charge in [0, 0.05) is 5.56 Å². The largest absolute Gasteiger partial charge is 0.496 e. The fourth-order valence-corrected chi connectivity index (χ4v) is 1.53. The van der Waals surface area contributed by atoms with Crippen molar-refractivity contribution in [3.63, 3.8) is 0 Å². The molecule has 0 amide bonds. The highest BCUT2D eigenvalue weighted by molar-refractivity contribution is 5.58. The quantitative estimate of drug-likeness (QED) is 0.806. The lowest BCUT2D eigenvalue weighted by atomic mass is 10.1. The van der Waals surface area contributed by atoms with Crippen molar-refractivity contribution in [3.8, 4) is 23.2 Å². The van der Waals surface area contributed by atoms with Crippen LogP contribution in [0, 0.1) is 18.3 Å². The Kier molecular flexibility index (Phi) is 3.06. The number of aromatic nitrogens is 2. The maximum Gasteiger partial charge on any atom is 0.241 e. The van der Waals surface area contributed by atoms with Gasteiger partial charge in [-0.2, -0.15) is 10.2 Å². The van der Waals surface area contributed by atoms with Crippen LogP contribution in [-0.4, -0.2) is 17.3 Å². The molecule has 0 saturated heterocycles. The molecule has 0 aliphatic rings. The van der Waals surface area contributed by atoms with Crippen LogP contribution >= 0.6 is 0 Å². The molecule has 86 valence electrons. The molecule has 0 aliphatic heterocycles. The van der Waals surface area contributed by atoms with Crippen LogP contribution in [0.4, 0.5) is 0 Å². The number of benzene rings is 1. The molecular formula is C12H11N3O2. The van der Waals surface area contributed by atoms with E-state index >= 15 is 0 Å². The first-order chi connectivity index (χ1) is 8.24. The zero-order valence-corrected chi connectivity index (χ0v) is 9.60. The molecule has 17 heavy (non-hydrogen) atoms. The summed E-state index contributed by atoms with van der Waals surface area (Å²) in [6.45, 7) is 1.94. The summed E-state index contributed by atoms with van der Waals surface area (Å²) < 4.78 is 10.1. The molecule has 0 spiro atoms. The van der Waals surface area contributed by atoms with Gasteiger partial charge in [-0.05, 0) is 30.7 Å². The van der Waals surface area contributed by atoms with Gasteiger partial charge in [0.2, 0.25) is 11.7 Å². The lowest BCUT2D eigenvalue weighted by Crippen LogP contribution is -1.89. The molecule has 0 N–H and O–H groups in total. The van der Waals surface area contributed by atoms with Crippen LogP contribution in [-0.2, 0) is 6.42 Å². The first-order valence-electron chi connectivity index (χ1n) is 5.09. The Morgan fingerprint density at radius 2 is 2.29 bits per heavy atom. The molecule has 0 fully saturated rings. The van der Waals surface area contributed by atoms with Crippen LogP contribution < -0.4 is 4.74 Å². The molecule has 0 atom stereocenters. The first kappa shape index (κ1) is 11.1. The second-order valence-electron chi connectivity index (χ2n) is 3.53. The smallest absolute Gasteiger partial charge is 0.241 e. The summed E-state index contributed by atoms with van der Waals surface area (Å²) in [4.78, 5) is 4.13. The van der Waals surface area contributed by atoms with Crippen molar-refractivity contribution in [1.29, 1.82) is 5.26 Å². The van der Waals surface area contributed by atoms with Crippen LogP contribution in [0.5, 0.6) is 5.75 Å². The SMILES string of the molecule is COc1ccc(-c2noc(CC#N)n2)cc1C. The zero-order valence-electron chi connectivity index (χ0n) is 9.60. The lowest BCUT2D eigenvalue weighted by molar-refractivity contribution is 0.388. The minimum Gasteiger partial charge on any atom is -0.496 e. The third-order valence-electron chi connectivity index (χ3n) is 2.35. The average Bonchev–Trinajstić information content (AvgIpc) is 2.78. The molecule has 5 heteroatoms.